The van der Waals surface area contributed by atoms with Gasteiger partial charge in [0.05, 0.1) is 11.8 Å². The molecule has 6 nitrogen and oxygen atoms in total. The van der Waals surface area contributed by atoms with E-state index in [9.17, 15) is 14.7 Å². The molecule has 4 atom stereocenters. The number of carbonyl (C=O) groups excluding carboxylic acids is 1. The van der Waals surface area contributed by atoms with Crippen molar-refractivity contribution >= 4 is 17.6 Å². The van der Waals surface area contributed by atoms with Crippen molar-refractivity contribution in [3.63, 3.8) is 0 Å². The number of fused-ring (bicyclic) bond motifs is 3. The van der Waals surface area contributed by atoms with E-state index in [4.69, 9.17) is 9.47 Å². The molecule has 2 aliphatic carbocycles. The van der Waals surface area contributed by atoms with Crippen LogP contribution in [0, 0.1) is 23.7 Å². The number of hydrogen-bond donors (Lipinski definition) is 2. The second-order valence-corrected chi connectivity index (χ2v) is 7.19. The summed E-state index contributed by atoms with van der Waals surface area (Å²) in [7, 11) is 0. The Hall–Kier alpha value is -2.50. The molecule has 1 aromatic carbocycles. The zero-order valence-corrected chi connectivity index (χ0v) is 14.2. The van der Waals surface area contributed by atoms with Gasteiger partial charge in [-0.1, -0.05) is 11.1 Å². The Bertz CT molecular complexity index is 780. The standard InChI is InChI=1S/C19H21NO5/c1-9(2)15-11-4-5-12(15)17(19(22)23)16(11)18(21)20-10-3-6-13-14(7-10)25-8-24-13/h3,6-7,11-12,16-17H,4-5,8H2,1-2H3,(H,20,21)(H,22,23). The zero-order valence-electron chi connectivity index (χ0n) is 14.2. The molecule has 2 saturated carbocycles. The predicted octanol–water partition coefficient (Wildman–Crippen LogP) is 3.05. The van der Waals surface area contributed by atoms with Crippen molar-refractivity contribution in [1.82, 2.24) is 0 Å². The molecular weight excluding hydrogens is 322 g/mol. The van der Waals surface area contributed by atoms with Gasteiger partial charge in [-0.2, -0.15) is 0 Å². The van der Waals surface area contributed by atoms with Crippen molar-refractivity contribution in [3.8, 4) is 11.5 Å². The van der Waals surface area contributed by atoms with E-state index in [1.54, 1.807) is 18.2 Å². The summed E-state index contributed by atoms with van der Waals surface area (Å²) < 4.78 is 10.6. The zero-order chi connectivity index (χ0) is 17.7. The molecule has 0 saturated heterocycles. The molecule has 1 aliphatic heterocycles. The lowest BCUT2D eigenvalue weighted by Gasteiger charge is -2.26. The lowest BCUT2D eigenvalue weighted by molar-refractivity contribution is -0.148. The van der Waals surface area contributed by atoms with Crippen molar-refractivity contribution in [2.75, 3.05) is 12.1 Å². The number of ether oxygens (including phenoxy) is 2. The number of benzene rings is 1. The summed E-state index contributed by atoms with van der Waals surface area (Å²) in [6, 6.07) is 5.20. The fraction of sp³-hybridized carbons (Fsp3) is 0.474. The summed E-state index contributed by atoms with van der Waals surface area (Å²) in [5, 5.41) is 12.6. The third kappa shape index (κ3) is 2.47. The number of anilines is 1. The van der Waals surface area contributed by atoms with Crippen molar-refractivity contribution in [2.45, 2.75) is 26.7 Å². The molecule has 4 rings (SSSR count). The number of hydrogen-bond acceptors (Lipinski definition) is 4. The molecule has 4 unspecified atom stereocenters. The van der Waals surface area contributed by atoms with E-state index in [0.717, 1.165) is 18.4 Å². The minimum atomic E-state index is -0.878. The van der Waals surface area contributed by atoms with Gasteiger partial charge in [0, 0.05) is 11.8 Å². The van der Waals surface area contributed by atoms with Crippen LogP contribution in [0.25, 0.3) is 0 Å². The second-order valence-electron chi connectivity index (χ2n) is 7.19. The molecule has 25 heavy (non-hydrogen) atoms. The average molecular weight is 343 g/mol. The molecule has 1 heterocycles. The van der Waals surface area contributed by atoms with E-state index in [2.05, 4.69) is 5.32 Å². The van der Waals surface area contributed by atoms with E-state index in [1.165, 1.54) is 5.57 Å². The topological polar surface area (TPSA) is 84.9 Å². The molecule has 1 aromatic rings. The van der Waals surface area contributed by atoms with Gasteiger partial charge in [-0.3, -0.25) is 9.59 Å². The number of carbonyl (C=O) groups is 2. The molecular formula is C19H21NO5. The van der Waals surface area contributed by atoms with Crippen molar-refractivity contribution < 1.29 is 24.2 Å². The molecule has 6 heteroatoms. The summed E-state index contributed by atoms with van der Waals surface area (Å²) >= 11 is 0. The van der Waals surface area contributed by atoms with Crippen molar-refractivity contribution in [2.24, 2.45) is 23.7 Å². The van der Waals surface area contributed by atoms with Crippen LogP contribution in [-0.2, 0) is 9.59 Å². The molecule has 2 fully saturated rings. The Morgan fingerprint density at radius 3 is 2.44 bits per heavy atom. The van der Waals surface area contributed by atoms with Gasteiger partial charge in [-0.05, 0) is 50.7 Å². The van der Waals surface area contributed by atoms with Crippen LogP contribution in [0.1, 0.15) is 26.7 Å². The number of carboxylic acid groups (broad SMARTS) is 1. The van der Waals surface area contributed by atoms with Crippen LogP contribution in [0.4, 0.5) is 5.69 Å². The van der Waals surface area contributed by atoms with Crippen LogP contribution in [0.5, 0.6) is 11.5 Å². The number of allylic oxidation sites excluding steroid dienone is 2. The first-order valence-corrected chi connectivity index (χ1v) is 8.58. The van der Waals surface area contributed by atoms with Gasteiger partial charge in [0.25, 0.3) is 0 Å². The number of nitrogens with one attached hydrogen (secondary N) is 1. The summed E-state index contributed by atoms with van der Waals surface area (Å²) in [6.07, 6.45) is 1.74. The van der Waals surface area contributed by atoms with E-state index < -0.39 is 17.8 Å². The van der Waals surface area contributed by atoms with E-state index >= 15 is 0 Å². The highest BCUT2D eigenvalue weighted by molar-refractivity contribution is 5.97. The molecule has 1 amide bonds. The van der Waals surface area contributed by atoms with Crippen LogP contribution in [-0.4, -0.2) is 23.8 Å². The molecule has 0 radical (unpaired) electrons. The maximum Gasteiger partial charge on any atom is 0.307 e. The fourth-order valence-electron chi connectivity index (χ4n) is 4.80. The summed E-state index contributed by atoms with van der Waals surface area (Å²) in [4.78, 5) is 24.8. The van der Waals surface area contributed by atoms with Gasteiger partial charge in [-0.15, -0.1) is 0 Å². The van der Waals surface area contributed by atoms with Gasteiger partial charge in [0.2, 0.25) is 12.7 Å². The van der Waals surface area contributed by atoms with Crippen LogP contribution in [0.15, 0.2) is 29.3 Å². The monoisotopic (exact) mass is 343 g/mol. The average Bonchev–Trinajstić information content (AvgIpc) is 3.26. The van der Waals surface area contributed by atoms with Crippen LogP contribution in [0.3, 0.4) is 0 Å². The minimum absolute atomic E-state index is 0.0139. The summed E-state index contributed by atoms with van der Waals surface area (Å²) in [5.41, 5.74) is 2.93. The third-order valence-corrected chi connectivity index (χ3v) is 5.65. The summed E-state index contributed by atoms with van der Waals surface area (Å²) in [5.74, 6) is -1.01. The molecule has 2 bridgehead atoms. The maximum absolute atomic E-state index is 12.9. The Morgan fingerprint density at radius 2 is 1.76 bits per heavy atom. The van der Waals surface area contributed by atoms with E-state index in [1.807, 2.05) is 13.8 Å². The predicted molar refractivity (Wildman–Crippen MR) is 90.4 cm³/mol. The molecule has 3 aliphatic rings. The second kappa shape index (κ2) is 5.79. The highest BCUT2D eigenvalue weighted by atomic mass is 16.7. The lowest BCUT2D eigenvalue weighted by atomic mass is 9.78. The molecule has 0 aromatic heterocycles. The highest BCUT2D eigenvalue weighted by Crippen LogP contribution is 2.57. The Balaban J connectivity index is 1.60. The van der Waals surface area contributed by atoms with Crippen molar-refractivity contribution in [3.05, 3.63) is 29.3 Å². The quantitative estimate of drug-likeness (QED) is 0.824. The van der Waals surface area contributed by atoms with Gasteiger partial charge >= 0.3 is 5.97 Å². The highest BCUT2D eigenvalue weighted by Gasteiger charge is 2.57. The third-order valence-electron chi connectivity index (χ3n) is 5.65. The molecule has 2 N–H and O–H groups in total. The molecule has 0 spiro atoms. The maximum atomic E-state index is 12.9. The van der Waals surface area contributed by atoms with Crippen molar-refractivity contribution in [1.29, 1.82) is 0 Å². The van der Waals surface area contributed by atoms with Gasteiger partial charge in [0.15, 0.2) is 11.5 Å². The number of carboxylic acids is 1. The number of amides is 1. The smallest absolute Gasteiger partial charge is 0.307 e. The van der Waals surface area contributed by atoms with Gasteiger partial charge in [0.1, 0.15) is 0 Å². The Kier molecular flexibility index (Phi) is 3.71. The fourth-order valence-corrected chi connectivity index (χ4v) is 4.80. The van der Waals surface area contributed by atoms with Crippen LogP contribution < -0.4 is 14.8 Å². The summed E-state index contributed by atoms with van der Waals surface area (Å²) in [6.45, 7) is 4.19. The van der Waals surface area contributed by atoms with E-state index in [-0.39, 0.29) is 24.5 Å². The molecule has 132 valence electrons. The Labute approximate surface area is 145 Å². The first-order chi connectivity index (χ1) is 12.0. The SMILES string of the molecule is CC(C)=C1C2CCC1C(C(=O)Nc1ccc3c(c1)OCO3)C2C(=O)O. The Morgan fingerprint density at radius 1 is 1.08 bits per heavy atom. The largest absolute Gasteiger partial charge is 0.481 e. The normalized spacial score (nSPS) is 29.0. The van der Waals surface area contributed by atoms with E-state index in [0.29, 0.717) is 17.2 Å². The van der Waals surface area contributed by atoms with Crippen LogP contribution in [0.2, 0.25) is 0 Å². The lowest BCUT2D eigenvalue weighted by Crippen LogP contribution is -2.37. The number of rotatable bonds is 3. The first-order valence-electron chi connectivity index (χ1n) is 8.58. The first kappa shape index (κ1) is 16.0. The van der Waals surface area contributed by atoms with Crippen LogP contribution >= 0.6 is 0 Å². The van der Waals surface area contributed by atoms with Gasteiger partial charge in [-0.25, -0.2) is 0 Å². The van der Waals surface area contributed by atoms with Gasteiger partial charge < -0.3 is 19.9 Å². The number of aliphatic carboxylic acids is 1. The minimum Gasteiger partial charge on any atom is -0.481 e.